The molecule has 0 amide bonds. The summed E-state index contributed by atoms with van der Waals surface area (Å²) in [6, 6.07) is 5.32. The van der Waals surface area contributed by atoms with Crippen molar-refractivity contribution < 1.29 is 29.1 Å². The largest absolute Gasteiger partial charge is 0.459 e. The fourth-order valence-corrected chi connectivity index (χ4v) is 2.73. The van der Waals surface area contributed by atoms with Gasteiger partial charge in [0.1, 0.15) is 11.2 Å². The predicted octanol–water partition coefficient (Wildman–Crippen LogP) is 2.48. The lowest BCUT2D eigenvalue weighted by atomic mass is 10.0. The highest BCUT2D eigenvalue weighted by Crippen LogP contribution is 2.17. The molecule has 0 radical (unpaired) electrons. The number of carbonyl (C=O) groups is 2. The van der Waals surface area contributed by atoms with E-state index in [1.54, 1.807) is 53.7 Å². The number of ether oxygens (including phenoxy) is 2. The number of nitrogens with zero attached hydrogens (tertiary/aromatic N) is 2. The van der Waals surface area contributed by atoms with Gasteiger partial charge in [0.25, 0.3) is 5.69 Å². The van der Waals surface area contributed by atoms with Gasteiger partial charge in [-0.25, -0.2) is 0 Å². The number of nitro groups is 1. The molecule has 0 aromatic heterocycles. The number of non-ortho nitro benzene ring substituents is 1. The average Bonchev–Trinajstić information content (AvgIpc) is 2.56. The Balaban J connectivity index is 3.00. The lowest BCUT2D eigenvalue weighted by Gasteiger charge is -2.31. The van der Waals surface area contributed by atoms with Gasteiger partial charge >= 0.3 is 11.9 Å². The van der Waals surface area contributed by atoms with E-state index in [1.807, 2.05) is 0 Å². The quantitative estimate of drug-likeness (QED) is 0.365. The van der Waals surface area contributed by atoms with E-state index in [-0.39, 0.29) is 31.8 Å². The Morgan fingerprint density at radius 3 is 1.77 bits per heavy atom. The fraction of sp³-hybridized carbons (Fsp3) is 0.619. The first-order valence-corrected chi connectivity index (χ1v) is 9.72. The molecule has 0 aliphatic carbocycles. The van der Waals surface area contributed by atoms with Crippen LogP contribution in [-0.4, -0.2) is 63.8 Å². The normalized spacial score (nSPS) is 13.1. The van der Waals surface area contributed by atoms with Gasteiger partial charge in [0.15, 0.2) is 0 Å². The molecule has 0 aliphatic rings. The summed E-state index contributed by atoms with van der Waals surface area (Å²) in [5.74, 6) is -1.07. The van der Waals surface area contributed by atoms with E-state index >= 15 is 0 Å². The molecular weight excluding hydrogens is 392 g/mol. The van der Waals surface area contributed by atoms with Gasteiger partial charge in [-0.15, -0.1) is 0 Å². The summed E-state index contributed by atoms with van der Waals surface area (Å²) in [7, 11) is 0. The standard InChI is InChI=1S/C21H32N2O7/c1-20(2,3)29-18(25)12-22(13-19(26)30-21(4,5)6)17(14-24)11-15-7-9-16(10-8-15)23(27)28/h7-10,17,24H,11-14H2,1-6H3/t17-/m1/s1. The Morgan fingerprint density at radius 1 is 1.00 bits per heavy atom. The average molecular weight is 424 g/mol. The number of aliphatic hydroxyl groups is 1. The van der Waals surface area contributed by atoms with Crippen molar-refractivity contribution in [3.05, 3.63) is 39.9 Å². The van der Waals surface area contributed by atoms with Crippen molar-refractivity contribution in [2.75, 3.05) is 19.7 Å². The van der Waals surface area contributed by atoms with Crippen molar-refractivity contribution >= 4 is 17.6 Å². The van der Waals surface area contributed by atoms with E-state index in [2.05, 4.69) is 0 Å². The molecule has 0 bridgehead atoms. The zero-order valence-electron chi connectivity index (χ0n) is 18.5. The first-order chi connectivity index (χ1) is 13.7. The van der Waals surface area contributed by atoms with Gasteiger partial charge in [0.05, 0.1) is 24.6 Å². The molecule has 0 saturated carbocycles. The molecule has 9 nitrogen and oxygen atoms in total. The number of esters is 2. The molecule has 1 aromatic rings. The maximum atomic E-state index is 12.4. The van der Waals surface area contributed by atoms with E-state index in [4.69, 9.17) is 9.47 Å². The van der Waals surface area contributed by atoms with Crippen LogP contribution >= 0.6 is 0 Å². The van der Waals surface area contributed by atoms with E-state index in [9.17, 15) is 24.8 Å². The van der Waals surface area contributed by atoms with Crippen molar-refractivity contribution in [3.8, 4) is 0 Å². The molecule has 0 heterocycles. The summed E-state index contributed by atoms with van der Waals surface area (Å²) in [6.45, 7) is 9.68. The maximum Gasteiger partial charge on any atom is 0.320 e. The Morgan fingerprint density at radius 2 is 1.43 bits per heavy atom. The molecule has 0 fully saturated rings. The summed E-state index contributed by atoms with van der Waals surface area (Å²) in [5.41, 5.74) is -0.708. The van der Waals surface area contributed by atoms with Crippen LogP contribution in [-0.2, 0) is 25.5 Å². The van der Waals surface area contributed by atoms with Gasteiger partial charge in [0.2, 0.25) is 0 Å². The maximum absolute atomic E-state index is 12.4. The molecule has 0 aliphatic heterocycles. The highest BCUT2D eigenvalue weighted by molar-refractivity contribution is 5.75. The topological polar surface area (TPSA) is 119 Å². The van der Waals surface area contributed by atoms with Crippen molar-refractivity contribution in [2.24, 2.45) is 0 Å². The third-order valence-electron chi connectivity index (χ3n) is 3.85. The van der Waals surface area contributed by atoms with Crippen molar-refractivity contribution in [1.29, 1.82) is 0 Å². The number of hydrogen-bond donors (Lipinski definition) is 1. The molecule has 1 N–H and O–H groups in total. The first kappa shape index (κ1) is 25.5. The number of nitro benzene ring substituents is 1. The second kappa shape index (κ2) is 10.5. The highest BCUT2D eigenvalue weighted by atomic mass is 16.6. The molecule has 0 saturated heterocycles. The van der Waals surface area contributed by atoms with Crippen LogP contribution in [0.4, 0.5) is 5.69 Å². The molecular formula is C21H32N2O7. The van der Waals surface area contributed by atoms with Crippen molar-refractivity contribution in [1.82, 2.24) is 4.90 Å². The Labute approximate surface area is 177 Å². The summed E-state index contributed by atoms with van der Waals surface area (Å²) in [4.78, 5) is 36.5. The number of benzene rings is 1. The second-order valence-corrected chi connectivity index (χ2v) is 9.04. The van der Waals surface area contributed by atoms with Crippen molar-refractivity contribution in [2.45, 2.75) is 65.2 Å². The van der Waals surface area contributed by atoms with Crippen LogP contribution in [0.15, 0.2) is 24.3 Å². The van der Waals surface area contributed by atoms with Gasteiger partial charge < -0.3 is 14.6 Å². The molecule has 1 aromatic carbocycles. The van der Waals surface area contributed by atoms with Crippen LogP contribution < -0.4 is 0 Å². The van der Waals surface area contributed by atoms with Crippen molar-refractivity contribution in [3.63, 3.8) is 0 Å². The number of carbonyl (C=O) groups excluding carboxylic acids is 2. The molecule has 0 unspecified atom stereocenters. The highest BCUT2D eigenvalue weighted by Gasteiger charge is 2.28. The molecule has 30 heavy (non-hydrogen) atoms. The van der Waals surface area contributed by atoms with Crippen LogP contribution in [0.3, 0.4) is 0 Å². The predicted molar refractivity (Wildman–Crippen MR) is 111 cm³/mol. The minimum absolute atomic E-state index is 0.0429. The van der Waals surface area contributed by atoms with Crippen LogP contribution in [0.2, 0.25) is 0 Å². The summed E-state index contributed by atoms with van der Waals surface area (Å²) in [6.07, 6.45) is 0.278. The lowest BCUT2D eigenvalue weighted by Crippen LogP contribution is -2.47. The van der Waals surface area contributed by atoms with Crippen LogP contribution in [0.1, 0.15) is 47.1 Å². The summed E-state index contributed by atoms with van der Waals surface area (Å²) < 4.78 is 10.7. The van der Waals surface area contributed by atoms with Gasteiger partial charge in [-0.3, -0.25) is 24.6 Å². The molecule has 0 spiro atoms. The molecule has 1 rings (SSSR count). The van der Waals surface area contributed by atoms with E-state index in [0.717, 1.165) is 5.56 Å². The Kier molecular flexibility index (Phi) is 8.92. The molecule has 1 atom stereocenters. The van der Waals surface area contributed by atoms with E-state index < -0.39 is 34.1 Å². The van der Waals surface area contributed by atoms with Gasteiger partial charge in [0, 0.05) is 18.2 Å². The third-order valence-corrected chi connectivity index (χ3v) is 3.85. The fourth-order valence-electron chi connectivity index (χ4n) is 2.73. The van der Waals surface area contributed by atoms with E-state index in [0.29, 0.717) is 0 Å². The van der Waals surface area contributed by atoms with E-state index in [1.165, 1.54) is 17.0 Å². The van der Waals surface area contributed by atoms with Gasteiger partial charge in [-0.2, -0.15) is 0 Å². The van der Waals surface area contributed by atoms with Gasteiger partial charge in [-0.05, 0) is 53.5 Å². The monoisotopic (exact) mass is 424 g/mol. The number of hydrogen-bond acceptors (Lipinski definition) is 8. The number of aliphatic hydroxyl groups excluding tert-OH is 1. The van der Waals surface area contributed by atoms with Crippen LogP contribution in [0.25, 0.3) is 0 Å². The zero-order chi connectivity index (χ0) is 23.1. The number of rotatable bonds is 9. The second-order valence-electron chi connectivity index (χ2n) is 9.04. The smallest absolute Gasteiger partial charge is 0.320 e. The third kappa shape index (κ3) is 9.80. The summed E-state index contributed by atoms with van der Waals surface area (Å²) in [5, 5.41) is 20.8. The Bertz CT molecular complexity index is 703. The Hall–Kier alpha value is -2.52. The zero-order valence-corrected chi connectivity index (χ0v) is 18.5. The SMILES string of the molecule is CC(C)(C)OC(=O)CN(CC(=O)OC(C)(C)C)[C@@H](CO)Cc1ccc([N+](=O)[O-])cc1. The minimum atomic E-state index is -0.693. The molecule has 9 heteroatoms. The lowest BCUT2D eigenvalue weighted by molar-refractivity contribution is -0.384. The van der Waals surface area contributed by atoms with Gasteiger partial charge in [-0.1, -0.05) is 12.1 Å². The van der Waals surface area contributed by atoms with Crippen LogP contribution in [0, 0.1) is 10.1 Å². The minimum Gasteiger partial charge on any atom is -0.459 e. The first-order valence-electron chi connectivity index (χ1n) is 9.72. The summed E-state index contributed by atoms with van der Waals surface area (Å²) >= 11 is 0. The molecule has 168 valence electrons. The van der Waals surface area contributed by atoms with Crippen LogP contribution in [0.5, 0.6) is 0 Å².